The molecular formula is C16H19F2N3O5S. The second-order valence-electron chi connectivity index (χ2n) is 5.57. The van der Waals surface area contributed by atoms with E-state index in [9.17, 15) is 22.0 Å². The van der Waals surface area contributed by atoms with Gasteiger partial charge in [0, 0.05) is 19.8 Å². The van der Waals surface area contributed by atoms with Crippen molar-refractivity contribution in [1.82, 2.24) is 14.3 Å². The molecule has 1 heterocycles. The number of carbonyl (C=O) groups excluding carboxylic acids is 1. The summed E-state index contributed by atoms with van der Waals surface area (Å²) in [6.07, 6.45) is 1.20. The Morgan fingerprint density at radius 3 is 2.52 bits per heavy atom. The third-order valence-corrected chi connectivity index (χ3v) is 4.86. The molecule has 1 aromatic carbocycles. The van der Waals surface area contributed by atoms with Gasteiger partial charge >= 0.3 is 12.6 Å². The first-order chi connectivity index (χ1) is 12.7. The first-order valence-corrected chi connectivity index (χ1v) is 9.34. The quantitative estimate of drug-likeness (QED) is 0.641. The van der Waals surface area contributed by atoms with Gasteiger partial charge in [0.15, 0.2) is 5.03 Å². The summed E-state index contributed by atoms with van der Waals surface area (Å²) in [5.41, 5.74) is 0.578. The summed E-state index contributed by atoms with van der Waals surface area (Å²) in [6, 6.07) is 5.63. The van der Waals surface area contributed by atoms with Gasteiger partial charge in [-0.15, -0.1) is 0 Å². The minimum atomic E-state index is -3.80. The van der Waals surface area contributed by atoms with Crippen molar-refractivity contribution < 1.29 is 31.5 Å². The molecule has 1 aromatic heterocycles. The zero-order valence-corrected chi connectivity index (χ0v) is 15.5. The van der Waals surface area contributed by atoms with Crippen LogP contribution >= 0.6 is 0 Å². The fourth-order valence-corrected chi connectivity index (χ4v) is 3.09. The maximum atomic E-state index is 12.1. The molecule has 0 aliphatic carbocycles. The van der Waals surface area contributed by atoms with Crippen molar-refractivity contribution >= 4 is 16.0 Å². The molecule has 148 valence electrons. The third-order valence-electron chi connectivity index (χ3n) is 3.53. The highest BCUT2D eigenvalue weighted by molar-refractivity contribution is 7.89. The van der Waals surface area contributed by atoms with Crippen molar-refractivity contribution in [2.45, 2.75) is 31.6 Å². The Bertz CT molecular complexity index is 862. The Morgan fingerprint density at radius 1 is 1.30 bits per heavy atom. The predicted molar refractivity (Wildman–Crippen MR) is 90.6 cm³/mol. The van der Waals surface area contributed by atoms with Gasteiger partial charge in [0.05, 0.1) is 6.42 Å². The van der Waals surface area contributed by atoms with E-state index < -0.39 is 22.6 Å². The average Bonchev–Trinajstić information content (AvgIpc) is 2.93. The molecule has 0 atom stereocenters. The molecular weight excluding hydrogens is 384 g/mol. The fourth-order valence-electron chi connectivity index (χ4n) is 2.02. The van der Waals surface area contributed by atoms with Crippen LogP contribution in [0.4, 0.5) is 8.78 Å². The predicted octanol–water partition coefficient (Wildman–Crippen LogP) is 1.74. The number of nitrogens with zero attached hydrogens (tertiary/aromatic N) is 2. The normalized spacial score (nSPS) is 11.6. The van der Waals surface area contributed by atoms with Gasteiger partial charge in [0.2, 0.25) is 0 Å². The van der Waals surface area contributed by atoms with Crippen molar-refractivity contribution in [3.8, 4) is 5.75 Å². The molecule has 0 bridgehead atoms. The maximum Gasteiger partial charge on any atom is 0.387 e. The van der Waals surface area contributed by atoms with Gasteiger partial charge in [-0.05, 0) is 24.6 Å². The molecule has 0 spiro atoms. The molecule has 27 heavy (non-hydrogen) atoms. The number of carbonyl (C=O) groups is 1. The molecule has 0 fully saturated rings. The van der Waals surface area contributed by atoms with Crippen LogP contribution in [0.2, 0.25) is 0 Å². The number of ether oxygens (including phenoxy) is 2. The largest absolute Gasteiger partial charge is 0.461 e. The number of hydrogen-bond acceptors (Lipinski definition) is 6. The van der Waals surface area contributed by atoms with E-state index in [0.29, 0.717) is 11.4 Å². The van der Waals surface area contributed by atoms with Crippen molar-refractivity contribution in [3.63, 3.8) is 0 Å². The molecule has 0 aliphatic rings. The van der Waals surface area contributed by atoms with Gasteiger partial charge < -0.3 is 14.0 Å². The highest BCUT2D eigenvalue weighted by atomic mass is 32.2. The van der Waals surface area contributed by atoms with Crippen LogP contribution in [0.5, 0.6) is 5.75 Å². The van der Waals surface area contributed by atoms with Crippen LogP contribution in [0, 0.1) is 6.92 Å². The SMILES string of the molecule is Cc1nc(S(=O)(=O)NCCC(=O)OCc2ccc(OC(F)F)cc2)cn1C. The number of rotatable bonds is 9. The van der Waals surface area contributed by atoms with Crippen molar-refractivity contribution in [2.24, 2.45) is 7.05 Å². The molecule has 8 nitrogen and oxygen atoms in total. The molecule has 0 aliphatic heterocycles. The van der Waals surface area contributed by atoms with E-state index in [-0.39, 0.29) is 30.3 Å². The summed E-state index contributed by atoms with van der Waals surface area (Å²) < 4.78 is 61.3. The van der Waals surface area contributed by atoms with Gasteiger partial charge in [-0.25, -0.2) is 18.1 Å². The number of alkyl halides is 2. The van der Waals surface area contributed by atoms with Crippen LogP contribution in [0.25, 0.3) is 0 Å². The molecule has 2 aromatic rings. The van der Waals surface area contributed by atoms with Gasteiger partial charge in [-0.3, -0.25) is 4.79 Å². The lowest BCUT2D eigenvalue weighted by atomic mass is 10.2. The molecule has 0 radical (unpaired) electrons. The monoisotopic (exact) mass is 403 g/mol. The number of aryl methyl sites for hydroxylation is 2. The van der Waals surface area contributed by atoms with Crippen LogP contribution in [0.3, 0.4) is 0 Å². The van der Waals surface area contributed by atoms with Crippen molar-refractivity contribution in [1.29, 1.82) is 0 Å². The topological polar surface area (TPSA) is 99.5 Å². The first-order valence-electron chi connectivity index (χ1n) is 7.86. The number of nitrogens with one attached hydrogen (secondary N) is 1. The Hall–Kier alpha value is -2.53. The number of benzene rings is 1. The van der Waals surface area contributed by atoms with E-state index in [1.807, 2.05) is 0 Å². The summed E-state index contributed by atoms with van der Waals surface area (Å²) in [7, 11) is -2.13. The fraction of sp³-hybridized carbons (Fsp3) is 0.375. The number of imidazole rings is 1. The van der Waals surface area contributed by atoms with Gasteiger partial charge in [-0.1, -0.05) is 12.1 Å². The lowest BCUT2D eigenvalue weighted by Crippen LogP contribution is -2.27. The second-order valence-corrected chi connectivity index (χ2v) is 7.28. The number of aromatic nitrogens is 2. The number of hydrogen-bond donors (Lipinski definition) is 1. The van der Waals surface area contributed by atoms with Crippen molar-refractivity contribution in [3.05, 3.63) is 41.9 Å². The molecule has 0 amide bonds. The van der Waals surface area contributed by atoms with E-state index in [1.54, 1.807) is 18.5 Å². The Balaban J connectivity index is 1.76. The zero-order chi connectivity index (χ0) is 20.0. The Morgan fingerprint density at radius 2 is 1.96 bits per heavy atom. The van der Waals surface area contributed by atoms with Crippen LogP contribution in [-0.4, -0.2) is 37.1 Å². The average molecular weight is 403 g/mol. The summed E-state index contributed by atoms with van der Waals surface area (Å²) in [5, 5.41) is -0.123. The minimum absolute atomic E-state index is 0.000702. The third kappa shape index (κ3) is 6.29. The molecule has 1 N–H and O–H groups in total. The van der Waals surface area contributed by atoms with E-state index >= 15 is 0 Å². The van der Waals surface area contributed by atoms with Gasteiger partial charge in [0.25, 0.3) is 10.0 Å². The number of sulfonamides is 1. The maximum absolute atomic E-state index is 12.1. The molecule has 11 heteroatoms. The summed E-state index contributed by atoms with van der Waals surface area (Å²) in [5.74, 6) is -0.0678. The van der Waals surface area contributed by atoms with Gasteiger partial charge in [-0.2, -0.15) is 8.78 Å². The highest BCUT2D eigenvalue weighted by Gasteiger charge is 2.18. The summed E-state index contributed by atoms with van der Waals surface area (Å²) >= 11 is 0. The number of halogens is 2. The molecule has 2 rings (SSSR count). The van der Waals surface area contributed by atoms with E-state index in [0.717, 1.165) is 0 Å². The highest BCUT2D eigenvalue weighted by Crippen LogP contribution is 2.15. The lowest BCUT2D eigenvalue weighted by Gasteiger charge is -2.07. The van der Waals surface area contributed by atoms with E-state index in [2.05, 4.69) is 14.4 Å². The smallest absolute Gasteiger partial charge is 0.387 e. The molecule has 0 saturated heterocycles. The summed E-state index contributed by atoms with van der Waals surface area (Å²) in [6.45, 7) is -1.45. The van der Waals surface area contributed by atoms with E-state index in [4.69, 9.17) is 4.74 Å². The Labute approximate surface area is 155 Å². The van der Waals surface area contributed by atoms with Gasteiger partial charge in [0.1, 0.15) is 18.2 Å². The zero-order valence-electron chi connectivity index (χ0n) is 14.7. The minimum Gasteiger partial charge on any atom is -0.461 e. The second kappa shape index (κ2) is 8.91. The molecule has 0 unspecified atom stereocenters. The summed E-state index contributed by atoms with van der Waals surface area (Å²) in [4.78, 5) is 15.6. The number of esters is 1. The van der Waals surface area contributed by atoms with Crippen LogP contribution in [-0.2, 0) is 33.2 Å². The standard InChI is InChI=1S/C16H19F2N3O5S/c1-11-20-14(9-21(11)2)27(23,24)19-8-7-15(22)25-10-12-3-5-13(6-4-12)26-16(17)18/h3-6,9,16,19H,7-8,10H2,1-2H3. The van der Waals surface area contributed by atoms with Crippen LogP contribution < -0.4 is 9.46 Å². The first kappa shape index (κ1) is 20.8. The van der Waals surface area contributed by atoms with Crippen molar-refractivity contribution in [2.75, 3.05) is 6.54 Å². The van der Waals surface area contributed by atoms with E-state index in [1.165, 1.54) is 30.5 Å². The Kier molecular flexibility index (Phi) is 6.86. The van der Waals surface area contributed by atoms with Crippen LogP contribution in [0.15, 0.2) is 35.5 Å². The van der Waals surface area contributed by atoms with Crippen LogP contribution in [0.1, 0.15) is 17.8 Å². The lowest BCUT2D eigenvalue weighted by molar-refractivity contribution is -0.144. The molecule has 0 saturated carbocycles.